The Balaban J connectivity index is 1.96. The van der Waals surface area contributed by atoms with Gasteiger partial charge in [-0.2, -0.15) is 5.10 Å². The molecule has 1 aromatic carbocycles. The molecular formula is C14H17N3O4. The third-order valence-electron chi connectivity index (χ3n) is 3.56. The molecule has 0 bridgehead atoms. The maximum atomic E-state index is 11.8. The van der Waals surface area contributed by atoms with Crippen molar-refractivity contribution < 1.29 is 14.8 Å². The van der Waals surface area contributed by atoms with Gasteiger partial charge in [0.15, 0.2) is 5.75 Å². The molecule has 7 heteroatoms. The van der Waals surface area contributed by atoms with Gasteiger partial charge in [-0.15, -0.1) is 0 Å². The largest absolute Gasteiger partial charge is 0.502 e. The summed E-state index contributed by atoms with van der Waals surface area (Å²) in [5, 5.41) is 23.8. The Morgan fingerprint density at radius 2 is 2.10 bits per heavy atom. The second-order valence-electron chi connectivity index (χ2n) is 5.07. The van der Waals surface area contributed by atoms with E-state index < -0.39 is 16.4 Å². The van der Waals surface area contributed by atoms with Gasteiger partial charge < -0.3 is 5.11 Å². The number of nitro groups is 1. The van der Waals surface area contributed by atoms with Crippen molar-refractivity contribution in [3.63, 3.8) is 0 Å². The molecule has 0 unspecified atom stereocenters. The minimum atomic E-state index is -0.673. The Bertz CT molecular complexity index is 565. The van der Waals surface area contributed by atoms with Crippen molar-refractivity contribution >= 4 is 17.8 Å². The monoisotopic (exact) mass is 291 g/mol. The van der Waals surface area contributed by atoms with Crippen molar-refractivity contribution in [1.82, 2.24) is 5.43 Å². The highest BCUT2D eigenvalue weighted by molar-refractivity contribution is 5.84. The Morgan fingerprint density at radius 3 is 2.76 bits per heavy atom. The Kier molecular flexibility index (Phi) is 4.86. The summed E-state index contributed by atoms with van der Waals surface area (Å²) in [4.78, 5) is 21.9. The quantitative estimate of drug-likeness (QED) is 0.504. The van der Waals surface area contributed by atoms with Crippen molar-refractivity contribution in [3.05, 3.63) is 33.9 Å². The molecule has 1 saturated carbocycles. The average molecular weight is 291 g/mol. The first-order valence-corrected chi connectivity index (χ1v) is 6.88. The molecule has 112 valence electrons. The van der Waals surface area contributed by atoms with E-state index in [2.05, 4.69) is 10.5 Å². The fourth-order valence-corrected chi connectivity index (χ4v) is 2.39. The van der Waals surface area contributed by atoms with Crippen LogP contribution in [0.5, 0.6) is 5.75 Å². The van der Waals surface area contributed by atoms with E-state index in [1.165, 1.54) is 30.8 Å². The molecule has 1 aliphatic carbocycles. The van der Waals surface area contributed by atoms with E-state index in [9.17, 15) is 20.0 Å². The van der Waals surface area contributed by atoms with E-state index in [-0.39, 0.29) is 11.8 Å². The number of nitrogens with one attached hydrogen (secondary N) is 1. The van der Waals surface area contributed by atoms with Crippen LogP contribution >= 0.6 is 0 Å². The number of amides is 1. The van der Waals surface area contributed by atoms with Gasteiger partial charge in [-0.25, -0.2) is 5.43 Å². The van der Waals surface area contributed by atoms with Gasteiger partial charge in [0.2, 0.25) is 5.91 Å². The van der Waals surface area contributed by atoms with E-state index in [0.717, 1.165) is 25.7 Å². The number of phenolic OH excluding ortho intramolecular Hbond substituents is 1. The lowest BCUT2D eigenvalue weighted by atomic mass is 9.89. The summed E-state index contributed by atoms with van der Waals surface area (Å²) in [5.41, 5.74) is 2.50. The maximum Gasteiger partial charge on any atom is 0.311 e. The fraction of sp³-hybridized carbons (Fsp3) is 0.429. The van der Waals surface area contributed by atoms with Gasteiger partial charge in [-0.3, -0.25) is 14.9 Å². The number of nitro benzene ring substituents is 1. The number of hydrogen-bond donors (Lipinski definition) is 2. The van der Waals surface area contributed by atoms with E-state index in [0.29, 0.717) is 5.56 Å². The van der Waals surface area contributed by atoms with Crippen LogP contribution in [0, 0.1) is 16.0 Å². The van der Waals surface area contributed by atoms with Crippen LogP contribution in [-0.2, 0) is 4.79 Å². The van der Waals surface area contributed by atoms with Crippen LogP contribution in [0.1, 0.15) is 37.7 Å². The summed E-state index contributed by atoms with van der Waals surface area (Å²) in [6.45, 7) is 0. The number of nitrogens with zero attached hydrogens (tertiary/aromatic N) is 2. The summed E-state index contributed by atoms with van der Waals surface area (Å²) in [6.07, 6.45) is 6.38. The van der Waals surface area contributed by atoms with Crippen LogP contribution < -0.4 is 5.43 Å². The van der Waals surface area contributed by atoms with Crippen LogP contribution in [0.15, 0.2) is 23.3 Å². The average Bonchev–Trinajstić information content (AvgIpc) is 2.49. The highest BCUT2D eigenvalue weighted by Gasteiger charge is 2.20. The second-order valence-corrected chi connectivity index (χ2v) is 5.07. The Hall–Kier alpha value is -2.44. The lowest BCUT2D eigenvalue weighted by Gasteiger charge is -2.19. The van der Waals surface area contributed by atoms with Gasteiger partial charge >= 0.3 is 5.69 Å². The number of hydrazone groups is 1. The third kappa shape index (κ3) is 4.01. The zero-order chi connectivity index (χ0) is 15.2. The zero-order valence-electron chi connectivity index (χ0n) is 11.5. The van der Waals surface area contributed by atoms with Crippen molar-refractivity contribution in [3.8, 4) is 5.75 Å². The highest BCUT2D eigenvalue weighted by atomic mass is 16.6. The fourth-order valence-electron chi connectivity index (χ4n) is 2.39. The van der Waals surface area contributed by atoms with Gasteiger partial charge in [-0.05, 0) is 25.0 Å². The molecule has 0 atom stereocenters. The second kappa shape index (κ2) is 6.83. The van der Waals surface area contributed by atoms with E-state index >= 15 is 0 Å². The summed E-state index contributed by atoms with van der Waals surface area (Å²) in [5.74, 6) is -0.507. The van der Waals surface area contributed by atoms with E-state index in [1.54, 1.807) is 0 Å². The van der Waals surface area contributed by atoms with E-state index in [1.807, 2.05) is 0 Å². The lowest BCUT2D eigenvalue weighted by Crippen LogP contribution is -2.28. The summed E-state index contributed by atoms with van der Waals surface area (Å²) >= 11 is 0. The van der Waals surface area contributed by atoms with Crippen LogP contribution in [0.3, 0.4) is 0 Å². The molecule has 1 aliphatic rings. The van der Waals surface area contributed by atoms with Gasteiger partial charge in [0.1, 0.15) is 0 Å². The van der Waals surface area contributed by atoms with Crippen LogP contribution in [0.4, 0.5) is 5.69 Å². The first kappa shape index (κ1) is 15.0. The first-order valence-electron chi connectivity index (χ1n) is 6.88. The number of benzene rings is 1. The molecule has 2 N–H and O–H groups in total. The molecule has 0 saturated heterocycles. The maximum absolute atomic E-state index is 11.8. The molecule has 0 aromatic heterocycles. The van der Waals surface area contributed by atoms with Crippen molar-refractivity contribution in [2.24, 2.45) is 11.0 Å². The van der Waals surface area contributed by atoms with Crippen LogP contribution in [0.25, 0.3) is 0 Å². The van der Waals surface area contributed by atoms with Crippen molar-refractivity contribution in [2.75, 3.05) is 0 Å². The molecule has 1 fully saturated rings. The van der Waals surface area contributed by atoms with Crippen LogP contribution in [-0.4, -0.2) is 22.2 Å². The number of phenols is 1. The standard InChI is InChI=1S/C14H17N3O4/c18-13-7-6-10(8-12(13)17(20)21)9-15-16-14(19)11-4-2-1-3-5-11/h6-9,11,18H,1-5H2,(H,16,19)/b15-9+. The predicted molar refractivity (Wildman–Crippen MR) is 77.1 cm³/mol. The molecule has 2 rings (SSSR count). The molecule has 1 aromatic rings. The predicted octanol–water partition coefficient (Wildman–Crippen LogP) is 2.33. The molecule has 0 radical (unpaired) electrons. The Labute approximate surface area is 121 Å². The number of hydrogen-bond acceptors (Lipinski definition) is 5. The van der Waals surface area contributed by atoms with Gasteiger partial charge in [0.25, 0.3) is 0 Å². The molecule has 0 heterocycles. The van der Waals surface area contributed by atoms with Gasteiger partial charge in [0.05, 0.1) is 11.1 Å². The normalized spacial score (nSPS) is 16.0. The number of carbonyl (C=O) groups is 1. The molecule has 0 aliphatic heterocycles. The smallest absolute Gasteiger partial charge is 0.311 e. The number of rotatable bonds is 4. The van der Waals surface area contributed by atoms with E-state index in [4.69, 9.17) is 0 Å². The van der Waals surface area contributed by atoms with Crippen molar-refractivity contribution in [1.29, 1.82) is 0 Å². The first-order chi connectivity index (χ1) is 10.1. The Morgan fingerprint density at radius 1 is 1.38 bits per heavy atom. The molecule has 0 spiro atoms. The van der Waals surface area contributed by atoms with Gasteiger partial charge in [-0.1, -0.05) is 19.3 Å². The number of aromatic hydroxyl groups is 1. The minimum absolute atomic E-state index is 0.00468. The topological polar surface area (TPSA) is 105 Å². The number of carbonyl (C=O) groups excluding carboxylic acids is 1. The zero-order valence-corrected chi connectivity index (χ0v) is 11.5. The molecular weight excluding hydrogens is 274 g/mol. The molecule has 21 heavy (non-hydrogen) atoms. The molecule has 1 amide bonds. The van der Waals surface area contributed by atoms with Crippen molar-refractivity contribution in [2.45, 2.75) is 32.1 Å². The highest BCUT2D eigenvalue weighted by Crippen LogP contribution is 2.25. The third-order valence-corrected chi connectivity index (χ3v) is 3.56. The minimum Gasteiger partial charge on any atom is -0.502 e. The van der Waals surface area contributed by atoms with Gasteiger partial charge in [0, 0.05) is 17.5 Å². The summed E-state index contributed by atoms with van der Waals surface area (Å²) < 4.78 is 0. The molecule has 7 nitrogen and oxygen atoms in total. The lowest BCUT2D eigenvalue weighted by molar-refractivity contribution is -0.385. The summed E-state index contributed by atoms with van der Waals surface area (Å²) in [6, 6.07) is 3.91. The van der Waals surface area contributed by atoms with Crippen LogP contribution in [0.2, 0.25) is 0 Å². The summed E-state index contributed by atoms with van der Waals surface area (Å²) in [7, 11) is 0. The SMILES string of the molecule is O=C(N/N=C/c1ccc(O)c([N+](=O)[O-])c1)C1CCCCC1.